The summed E-state index contributed by atoms with van der Waals surface area (Å²) < 4.78 is 12.5. The van der Waals surface area contributed by atoms with E-state index < -0.39 is 0 Å². The van der Waals surface area contributed by atoms with Crippen LogP contribution in [0.5, 0.6) is 11.5 Å². The largest absolute Gasteiger partial charge is 0.490 e. The lowest BCUT2D eigenvalue weighted by Crippen LogP contribution is -2.02. The summed E-state index contributed by atoms with van der Waals surface area (Å²) in [6.07, 6.45) is 0.930. The number of nitrogens with one attached hydrogen (secondary N) is 1. The first-order chi connectivity index (χ1) is 10.2. The molecule has 0 fully saturated rings. The van der Waals surface area contributed by atoms with Gasteiger partial charge >= 0.3 is 0 Å². The lowest BCUT2D eigenvalue weighted by Gasteiger charge is -2.12. The van der Waals surface area contributed by atoms with Crippen molar-refractivity contribution in [2.75, 3.05) is 18.5 Å². The first kappa shape index (κ1) is 14.3. The highest BCUT2D eigenvalue weighted by atomic mass is 79.9. The third-order valence-electron chi connectivity index (χ3n) is 3.49. The highest BCUT2D eigenvalue weighted by Gasteiger charge is 2.10. The van der Waals surface area contributed by atoms with E-state index in [0.717, 1.165) is 41.2 Å². The van der Waals surface area contributed by atoms with Crippen molar-refractivity contribution < 1.29 is 9.47 Å². The molecule has 0 radical (unpaired) electrons. The van der Waals surface area contributed by atoms with Gasteiger partial charge in [-0.25, -0.2) is 0 Å². The molecule has 3 nitrogen and oxygen atoms in total. The molecule has 0 unspecified atom stereocenters. The van der Waals surface area contributed by atoms with Crippen LogP contribution in [-0.2, 0) is 6.54 Å². The van der Waals surface area contributed by atoms with E-state index >= 15 is 0 Å². The number of halogens is 1. The molecule has 1 heterocycles. The summed E-state index contributed by atoms with van der Waals surface area (Å²) >= 11 is 3.50. The zero-order chi connectivity index (χ0) is 14.7. The molecule has 2 aromatic carbocycles. The second kappa shape index (κ2) is 6.39. The molecule has 2 aromatic rings. The quantitative estimate of drug-likeness (QED) is 0.884. The van der Waals surface area contributed by atoms with Crippen LogP contribution >= 0.6 is 15.9 Å². The molecule has 0 amide bonds. The third kappa shape index (κ3) is 3.50. The lowest BCUT2D eigenvalue weighted by molar-refractivity contribution is 0.297. The summed E-state index contributed by atoms with van der Waals surface area (Å²) in [6, 6.07) is 12.4. The average Bonchev–Trinajstić information content (AvgIpc) is 2.73. The number of rotatable bonds is 3. The van der Waals surface area contributed by atoms with E-state index in [1.165, 1.54) is 11.1 Å². The molecule has 110 valence electrons. The molecule has 0 aliphatic carbocycles. The van der Waals surface area contributed by atoms with E-state index in [4.69, 9.17) is 9.47 Å². The van der Waals surface area contributed by atoms with Crippen LogP contribution in [0.15, 0.2) is 40.9 Å². The van der Waals surface area contributed by atoms with Crippen molar-refractivity contribution in [1.82, 2.24) is 0 Å². The third-order valence-corrected chi connectivity index (χ3v) is 3.99. The number of fused-ring (bicyclic) bond motifs is 1. The molecule has 1 N–H and O–H groups in total. The molecule has 0 atom stereocenters. The van der Waals surface area contributed by atoms with Crippen LogP contribution in [-0.4, -0.2) is 13.2 Å². The lowest BCUT2D eigenvalue weighted by atomic mass is 10.1. The van der Waals surface area contributed by atoms with Gasteiger partial charge in [0, 0.05) is 23.1 Å². The maximum Gasteiger partial charge on any atom is 0.161 e. The fourth-order valence-electron chi connectivity index (χ4n) is 2.30. The minimum atomic E-state index is 0.717. The molecule has 21 heavy (non-hydrogen) atoms. The van der Waals surface area contributed by atoms with Crippen LogP contribution < -0.4 is 14.8 Å². The van der Waals surface area contributed by atoms with E-state index in [2.05, 4.69) is 52.4 Å². The van der Waals surface area contributed by atoms with Crippen molar-refractivity contribution in [3.63, 3.8) is 0 Å². The second-order valence-electron chi connectivity index (χ2n) is 5.14. The summed E-state index contributed by atoms with van der Waals surface area (Å²) in [5, 5.41) is 3.47. The molecular weight excluding hydrogens is 330 g/mol. The first-order valence-corrected chi connectivity index (χ1v) is 7.90. The Morgan fingerprint density at radius 3 is 2.71 bits per heavy atom. The summed E-state index contributed by atoms with van der Waals surface area (Å²) in [7, 11) is 0. The normalized spacial score (nSPS) is 13.6. The van der Waals surface area contributed by atoms with Gasteiger partial charge in [0.2, 0.25) is 0 Å². The molecule has 4 heteroatoms. The minimum absolute atomic E-state index is 0.717. The molecule has 0 aromatic heterocycles. The van der Waals surface area contributed by atoms with Crippen molar-refractivity contribution in [3.05, 3.63) is 52.0 Å². The Balaban J connectivity index is 1.73. The van der Waals surface area contributed by atoms with Gasteiger partial charge in [-0.1, -0.05) is 28.1 Å². The van der Waals surface area contributed by atoms with Gasteiger partial charge in [-0.15, -0.1) is 0 Å². The highest BCUT2D eigenvalue weighted by Crippen LogP contribution is 2.31. The molecule has 0 saturated heterocycles. The Bertz CT molecular complexity index is 643. The number of hydrogen-bond donors (Lipinski definition) is 1. The van der Waals surface area contributed by atoms with E-state index in [1.807, 2.05) is 12.1 Å². The molecular formula is C17H18BrNO2. The smallest absolute Gasteiger partial charge is 0.161 e. The van der Waals surface area contributed by atoms with Gasteiger partial charge in [-0.2, -0.15) is 0 Å². The van der Waals surface area contributed by atoms with E-state index in [-0.39, 0.29) is 0 Å². The number of benzene rings is 2. The highest BCUT2D eigenvalue weighted by molar-refractivity contribution is 9.10. The zero-order valence-electron chi connectivity index (χ0n) is 12.0. The summed E-state index contributed by atoms with van der Waals surface area (Å²) in [5.74, 6) is 1.69. The number of ether oxygens (including phenoxy) is 2. The first-order valence-electron chi connectivity index (χ1n) is 7.11. The van der Waals surface area contributed by atoms with Crippen molar-refractivity contribution in [3.8, 4) is 11.5 Å². The maximum atomic E-state index is 5.72. The van der Waals surface area contributed by atoms with Gasteiger partial charge in [0.1, 0.15) is 0 Å². The predicted octanol–water partition coefficient (Wildman–Crippen LogP) is 4.53. The van der Waals surface area contributed by atoms with Crippen LogP contribution in [0.1, 0.15) is 17.5 Å². The zero-order valence-corrected chi connectivity index (χ0v) is 13.6. The van der Waals surface area contributed by atoms with Gasteiger partial charge in [-0.05, 0) is 42.3 Å². The van der Waals surface area contributed by atoms with Crippen LogP contribution in [0.25, 0.3) is 0 Å². The number of aryl methyl sites for hydroxylation is 1. The van der Waals surface area contributed by atoms with Gasteiger partial charge in [-0.3, -0.25) is 0 Å². The number of hydrogen-bond acceptors (Lipinski definition) is 3. The molecule has 1 aliphatic heterocycles. The van der Waals surface area contributed by atoms with Gasteiger partial charge < -0.3 is 14.8 Å². The monoisotopic (exact) mass is 347 g/mol. The Kier molecular flexibility index (Phi) is 4.34. The summed E-state index contributed by atoms with van der Waals surface area (Å²) in [5.41, 5.74) is 3.54. The standard InChI is InChI=1S/C17H18BrNO2/c1-12-3-5-14(18)10-15(12)19-11-13-4-6-16-17(9-13)21-8-2-7-20-16/h3-6,9-10,19H,2,7-8,11H2,1H3. The Morgan fingerprint density at radius 1 is 1.05 bits per heavy atom. The number of anilines is 1. The Hall–Kier alpha value is -1.68. The average molecular weight is 348 g/mol. The maximum absolute atomic E-state index is 5.72. The predicted molar refractivity (Wildman–Crippen MR) is 88.3 cm³/mol. The van der Waals surface area contributed by atoms with Gasteiger partial charge in [0.15, 0.2) is 11.5 Å². The van der Waals surface area contributed by atoms with Crippen LogP contribution in [0.2, 0.25) is 0 Å². The van der Waals surface area contributed by atoms with E-state index in [9.17, 15) is 0 Å². The topological polar surface area (TPSA) is 30.5 Å². The van der Waals surface area contributed by atoms with Crippen LogP contribution in [0.4, 0.5) is 5.69 Å². The molecule has 0 spiro atoms. The van der Waals surface area contributed by atoms with Crippen molar-refractivity contribution in [2.45, 2.75) is 19.9 Å². The van der Waals surface area contributed by atoms with Crippen molar-refractivity contribution >= 4 is 21.6 Å². The van der Waals surface area contributed by atoms with Gasteiger partial charge in [0.05, 0.1) is 13.2 Å². The van der Waals surface area contributed by atoms with Gasteiger partial charge in [0.25, 0.3) is 0 Å². The summed E-state index contributed by atoms with van der Waals surface area (Å²) in [6.45, 7) is 4.30. The Labute approximate surface area is 133 Å². The Morgan fingerprint density at radius 2 is 1.86 bits per heavy atom. The molecule has 0 saturated carbocycles. The van der Waals surface area contributed by atoms with E-state index in [0.29, 0.717) is 6.61 Å². The molecule has 1 aliphatic rings. The van der Waals surface area contributed by atoms with Crippen molar-refractivity contribution in [2.24, 2.45) is 0 Å². The van der Waals surface area contributed by atoms with Crippen LogP contribution in [0, 0.1) is 6.92 Å². The van der Waals surface area contributed by atoms with Crippen LogP contribution in [0.3, 0.4) is 0 Å². The fourth-order valence-corrected chi connectivity index (χ4v) is 2.66. The molecule has 3 rings (SSSR count). The minimum Gasteiger partial charge on any atom is -0.490 e. The summed E-state index contributed by atoms with van der Waals surface area (Å²) in [4.78, 5) is 0. The van der Waals surface area contributed by atoms with E-state index in [1.54, 1.807) is 0 Å². The second-order valence-corrected chi connectivity index (χ2v) is 6.06. The van der Waals surface area contributed by atoms with Crippen molar-refractivity contribution in [1.29, 1.82) is 0 Å². The fraction of sp³-hybridized carbons (Fsp3) is 0.294. The SMILES string of the molecule is Cc1ccc(Br)cc1NCc1ccc2c(c1)OCCCO2. The molecule has 0 bridgehead atoms.